The molecule has 15 heavy (non-hydrogen) atoms. The smallest absolute Gasteiger partial charge is 0.255 e. The number of carbonyl (C=O) groups is 1. The first-order valence-electron chi connectivity index (χ1n) is 4.87. The van der Waals surface area contributed by atoms with E-state index in [-0.39, 0.29) is 11.9 Å². The van der Waals surface area contributed by atoms with Gasteiger partial charge in [0.2, 0.25) is 0 Å². The number of carbonyl (C=O) groups excluding carboxylic acids is 1. The first-order valence-corrected chi connectivity index (χ1v) is 5.67. The fraction of sp³-hybridized carbons (Fsp3) is 0.556. The molecule has 0 bridgehead atoms. The number of nitrogens with one attached hydrogen (secondary N) is 2. The fourth-order valence-electron chi connectivity index (χ4n) is 1.62. The molecule has 1 aromatic heterocycles. The number of hydrogen-bond donors (Lipinski definition) is 2. The van der Waals surface area contributed by atoms with Gasteiger partial charge in [-0.05, 0) is 28.9 Å². The summed E-state index contributed by atoms with van der Waals surface area (Å²) < 4.78 is 2.34. The molecule has 1 aliphatic heterocycles. The van der Waals surface area contributed by atoms with Crippen LogP contribution in [0.2, 0.25) is 0 Å². The number of nitrogens with zero attached hydrogens (tertiary/aromatic N) is 2. The molecule has 82 valence electrons. The molecular weight excluding hydrogens is 260 g/mol. The quantitative estimate of drug-likeness (QED) is 0.813. The summed E-state index contributed by atoms with van der Waals surface area (Å²) in [7, 11) is 1.79. The van der Waals surface area contributed by atoms with Crippen molar-refractivity contribution in [3.05, 3.63) is 16.4 Å². The summed E-state index contributed by atoms with van der Waals surface area (Å²) in [4.78, 5) is 11.8. The lowest BCUT2D eigenvalue weighted by molar-refractivity contribution is 0.0939. The van der Waals surface area contributed by atoms with E-state index >= 15 is 0 Å². The third-order valence-electron chi connectivity index (χ3n) is 2.51. The Hall–Kier alpha value is -0.880. The van der Waals surface area contributed by atoms with Gasteiger partial charge in [0.15, 0.2) is 0 Å². The van der Waals surface area contributed by atoms with Crippen LogP contribution in [-0.2, 0) is 7.05 Å². The average Bonchev–Trinajstić information content (AvgIpc) is 2.79. The normalized spacial score (nSPS) is 20.5. The zero-order chi connectivity index (χ0) is 10.8. The summed E-state index contributed by atoms with van der Waals surface area (Å²) in [6.07, 6.45) is 2.56. The first kappa shape index (κ1) is 10.6. The van der Waals surface area contributed by atoms with E-state index in [9.17, 15) is 4.79 Å². The Balaban J connectivity index is 2.04. The molecular formula is C9H13BrN4O. The highest BCUT2D eigenvalue weighted by atomic mass is 79.9. The minimum Gasteiger partial charge on any atom is -0.348 e. The third-order valence-corrected chi connectivity index (χ3v) is 3.45. The number of rotatable bonds is 2. The fourth-order valence-corrected chi connectivity index (χ4v) is 1.99. The second-order valence-corrected chi connectivity index (χ2v) is 4.39. The second kappa shape index (κ2) is 4.32. The molecule has 1 amide bonds. The average molecular weight is 273 g/mol. The Bertz CT molecular complexity index is 370. The van der Waals surface area contributed by atoms with Gasteiger partial charge < -0.3 is 10.6 Å². The van der Waals surface area contributed by atoms with Crippen LogP contribution in [0.3, 0.4) is 0 Å². The van der Waals surface area contributed by atoms with Crippen molar-refractivity contribution in [3.63, 3.8) is 0 Å². The lowest BCUT2D eigenvalue weighted by Gasteiger charge is -2.10. The molecule has 1 aliphatic rings. The summed E-state index contributed by atoms with van der Waals surface area (Å²) >= 11 is 3.32. The maximum Gasteiger partial charge on any atom is 0.255 e. The molecule has 0 saturated carbocycles. The van der Waals surface area contributed by atoms with E-state index in [1.54, 1.807) is 17.9 Å². The van der Waals surface area contributed by atoms with Crippen molar-refractivity contribution in [1.29, 1.82) is 0 Å². The van der Waals surface area contributed by atoms with E-state index < -0.39 is 0 Å². The van der Waals surface area contributed by atoms with Gasteiger partial charge in [-0.25, -0.2) is 0 Å². The number of halogens is 1. The predicted molar refractivity (Wildman–Crippen MR) is 59.6 cm³/mol. The maximum absolute atomic E-state index is 11.8. The molecule has 2 rings (SSSR count). The van der Waals surface area contributed by atoms with Crippen LogP contribution in [0.25, 0.3) is 0 Å². The number of aromatic nitrogens is 2. The summed E-state index contributed by atoms with van der Waals surface area (Å²) in [5.74, 6) is -0.0660. The number of hydrogen-bond acceptors (Lipinski definition) is 3. The van der Waals surface area contributed by atoms with Crippen molar-refractivity contribution in [1.82, 2.24) is 20.4 Å². The van der Waals surface area contributed by atoms with E-state index in [4.69, 9.17) is 0 Å². The van der Waals surface area contributed by atoms with Gasteiger partial charge in [0.1, 0.15) is 4.60 Å². The first-order chi connectivity index (χ1) is 7.18. The molecule has 0 aliphatic carbocycles. The summed E-state index contributed by atoms with van der Waals surface area (Å²) in [5, 5.41) is 10.2. The Morgan fingerprint density at radius 1 is 1.80 bits per heavy atom. The van der Waals surface area contributed by atoms with Gasteiger partial charge in [-0.2, -0.15) is 5.10 Å². The Labute approximate surface area is 96.4 Å². The number of amides is 1. The Kier molecular flexibility index (Phi) is 3.06. The molecule has 2 N–H and O–H groups in total. The monoisotopic (exact) mass is 272 g/mol. The maximum atomic E-state index is 11.8. The van der Waals surface area contributed by atoms with E-state index in [1.807, 2.05) is 0 Å². The zero-order valence-corrected chi connectivity index (χ0v) is 10.0. The molecule has 0 aromatic carbocycles. The summed E-state index contributed by atoms with van der Waals surface area (Å²) in [6, 6.07) is 0.240. The highest BCUT2D eigenvalue weighted by Gasteiger charge is 2.20. The minimum absolute atomic E-state index is 0.0660. The van der Waals surface area contributed by atoms with Gasteiger partial charge >= 0.3 is 0 Å². The van der Waals surface area contributed by atoms with Gasteiger partial charge in [-0.3, -0.25) is 9.48 Å². The van der Waals surface area contributed by atoms with Crippen molar-refractivity contribution < 1.29 is 4.79 Å². The highest BCUT2D eigenvalue weighted by molar-refractivity contribution is 9.10. The lowest BCUT2D eigenvalue weighted by atomic mass is 10.2. The van der Waals surface area contributed by atoms with E-state index in [2.05, 4.69) is 31.7 Å². The van der Waals surface area contributed by atoms with Crippen molar-refractivity contribution >= 4 is 21.8 Å². The lowest BCUT2D eigenvalue weighted by Crippen LogP contribution is -2.36. The van der Waals surface area contributed by atoms with E-state index in [0.717, 1.165) is 19.5 Å². The van der Waals surface area contributed by atoms with Crippen molar-refractivity contribution in [2.24, 2.45) is 7.05 Å². The number of aryl methyl sites for hydroxylation is 1. The molecule has 1 saturated heterocycles. The Morgan fingerprint density at radius 2 is 2.60 bits per heavy atom. The van der Waals surface area contributed by atoms with Crippen LogP contribution >= 0.6 is 15.9 Å². The van der Waals surface area contributed by atoms with E-state index in [0.29, 0.717) is 10.2 Å². The van der Waals surface area contributed by atoms with Crippen LogP contribution in [0.15, 0.2) is 10.8 Å². The summed E-state index contributed by atoms with van der Waals surface area (Å²) in [6.45, 7) is 1.82. The molecule has 0 spiro atoms. The topological polar surface area (TPSA) is 59.0 Å². The largest absolute Gasteiger partial charge is 0.348 e. The molecule has 2 heterocycles. The standard InChI is InChI=1S/C9H13BrN4O/c1-14-8(10)7(5-12-14)9(15)13-6-2-3-11-4-6/h5-6,11H,2-4H2,1H3,(H,13,15). The third kappa shape index (κ3) is 2.21. The summed E-state index contributed by atoms with van der Waals surface area (Å²) in [5.41, 5.74) is 0.587. The van der Waals surface area contributed by atoms with E-state index in [1.165, 1.54) is 0 Å². The van der Waals surface area contributed by atoms with Crippen molar-refractivity contribution in [3.8, 4) is 0 Å². The van der Waals surface area contributed by atoms with Gasteiger partial charge in [0.25, 0.3) is 5.91 Å². The Morgan fingerprint density at radius 3 is 3.13 bits per heavy atom. The van der Waals surface area contributed by atoms with Gasteiger partial charge in [-0.1, -0.05) is 0 Å². The van der Waals surface area contributed by atoms with Crippen molar-refractivity contribution in [2.45, 2.75) is 12.5 Å². The van der Waals surface area contributed by atoms with Crippen LogP contribution in [0.1, 0.15) is 16.8 Å². The predicted octanol–water partition coefficient (Wildman–Crippen LogP) is 0.274. The molecule has 1 unspecified atom stereocenters. The van der Waals surface area contributed by atoms with Gasteiger partial charge in [0, 0.05) is 19.6 Å². The van der Waals surface area contributed by atoms with Crippen molar-refractivity contribution in [2.75, 3.05) is 13.1 Å². The molecule has 0 radical (unpaired) electrons. The molecule has 1 atom stereocenters. The molecule has 1 fully saturated rings. The second-order valence-electron chi connectivity index (χ2n) is 3.64. The molecule has 1 aromatic rings. The zero-order valence-electron chi connectivity index (χ0n) is 8.46. The van der Waals surface area contributed by atoms with Gasteiger partial charge in [-0.15, -0.1) is 0 Å². The van der Waals surface area contributed by atoms with Crippen LogP contribution in [0.5, 0.6) is 0 Å². The SMILES string of the molecule is Cn1ncc(C(=O)NC2CCNC2)c1Br. The van der Waals surface area contributed by atoms with Gasteiger partial charge in [0.05, 0.1) is 11.8 Å². The van der Waals surface area contributed by atoms with Crippen LogP contribution in [0.4, 0.5) is 0 Å². The highest BCUT2D eigenvalue weighted by Crippen LogP contribution is 2.15. The van der Waals surface area contributed by atoms with Crippen LogP contribution < -0.4 is 10.6 Å². The molecule has 5 nitrogen and oxygen atoms in total. The van der Waals surface area contributed by atoms with Crippen LogP contribution in [-0.4, -0.2) is 34.8 Å². The van der Waals surface area contributed by atoms with Crippen LogP contribution in [0, 0.1) is 0 Å². The minimum atomic E-state index is -0.0660. The molecule has 6 heteroatoms.